The van der Waals surface area contributed by atoms with Crippen LogP contribution in [0.4, 0.5) is 11.5 Å². The molecular weight excluding hydrogens is 582 g/mol. The predicted octanol–water partition coefficient (Wildman–Crippen LogP) is 6.78. The summed E-state index contributed by atoms with van der Waals surface area (Å²) in [5, 5.41) is 7.35. The van der Waals surface area contributed by atoms with Gasteiger partial charge >= 0.3 is 0 Å². The number of hydrogen-bond acceptors (Lipinski definition) is 8. The SMILES string of the molecule is O=C(Nc1ccccc1-c1nc2cccnc2s1)c1cc(NC2CCN(C(=O)c3ccccc3)CC2)nc(-c2ccccc2)n1. The largest absolute Gasteiger partial charge is 0.367 e. The summed E-state index contributed by atoms with van der Waals surface area (Å²) >= 11 is 1.48. The Kier molecular flexibility index (Phi) is 7.94. The van der Waals surface area contributed by atoms with Crippen LogP contribution in [0.5, 0.6) is 0 Å². The third-order valence-electron chi connectivity index (χ3n) is 7.72. The van der Waals surface area contributed by atoms with Gasteiger partial charge in [-0.15, -0.1) is 0 Å². The highest BCUT2D eigenvalue weighted by Gasteiger charge is 2.25. The molecule has 1 saturated heterocycles. The lowest BCUT2D eigenvalue weighted by atomic mass is 10.0. The number of fused-ring (bicyclic) bond motifs is 1. The molecule has 0 saturated carbocycles. The van der Waals surface area contributed by atoms with E-state index < -0.39 is 0 Å². The number of benzene rings is 3. The molecule has 3 aromatic heterocycles. The highest BCUT2D eigenvalue weighted by atomic mass is 32.1. The minimum Gasteiger partial charge on any atom is -0.367 e. The number of thiazole rings is 1. The summed E-state index contributed by atoms with van der Waals surface area (Å²) in [5.41, 5.74) is 3.99. The maximum atomic E-state index is 13.7. The molecule has 222 valence electrons. The van der Waals surface area contributed by atoms with E-state index in [0.717, 1.165) is 39.3 Å². The van der Waals surface area contributed by atoms with Crippen LogP contribution in [0.1, 0.15) is 33.7 Å². The first kappa shape index (κ1) is 28.3. The molecule has 0 aliphatic carbocycles. The number of anilines is 2. The van der Waals surface area contributed by atoms with Crippen molar-refractivity contribution in [2.75, 3.05) is 23.7 Å². The highest BCUT2D eigenvalue weighted by Crippen LogP contribution is 2.34. The number of aromatic nitrogens is 4. The van der Waals surface area contributed by atoms with Crippen molar-refractivity contribution in [1.82, 2.24) is 24.8 Å². The van der Waals surface area contributed by atoms with Gasteiger partial charge in [0, 0.05) is 48.1 Å². The molecule has 0 bridgehead atoms. The van der Waals surface area contributed by atoms with Crippen LogP contribution >= 0.6 is 11.3 Å². The van der Waals surface area contributed by atoms with Gasteiger partial charge in [0.25, 0.3) is 11.8 Å². The fourth-order valence-corrected chi connectivity index (χ4v) is 6.35. The van der Waals surface area contributed by atoms with E-state index in [4.69, 9.17) is 9.97 Å². The number of amides is 2. The van der Waals surface area contributed by atoms with Crippen molar-refractivity contribution in [3.05, 3.63) is 121 Å². The zero-order valence-electron chi connectivity index (χ0n) is 24.3. The van der Waals surface area contributed by atoms with E-state index in [1.807, 2.05) is 102 Å². The average molecular weight is 612 g/mol. The summed E-state index contributed by atoms with van der Waals surface area (Å²) in [5.74, 6) is 0.705. The molecule has 45 heavy (non-hydrogen) atoms. The molecule has 7 rings (SSSR count). The maximum Gasteiger partial charge on any atom is 0.274 e. The number of likely N-dealkylation sites (tertiary alicyclic amines) is 1. The number of carbonyl (C=O) groups is 2. The first-order chi connectivity index (χ1) is 22.1. The molecule has 0 radical (unpaired) electrons. The third-order valence-corrected chi connectivity index (χ3v) is 8.73. The van der Waals surface area contributed by atoms with Gasteiger partial charge in [-0.3, -0.25) is 9.59 Å². The molecule has 4 heterocycles. The van der Waals surface area contributed by atoms with Crippen LogP contribution in [0.25, 0.3) is 32.3 Å². The van der Waals surface area contributed by atoms with E-state index in [1.54, 1.807) is 12.3 Å². The number of piperidine rings is 1. The second-order valence-electron chi connectivity index (χ2n) is 10.8. The van der Waals surface area contributed by atoms with Gasteiger partial charge in [0.15, 0.2) is 5.82 Å². The number of pyridine rings is 1. The summed E-state index contributed by atoms with van der Waals surface area (Å²) < 4.78 is 0. The van der Waals surface area contributed by atoms with Crippen molar-refractivity contribution < 1.29 is 9.59 Å². The fourth-order valence-electron chi connectivity index (χ4n) is 5.40. The first-order valence-corrected chi connectivity index (χ1v) is 15.6. The van der Waals surface area contributed by atoms with Gasteiger partial charge in [0.2, 0.25) is 0 Å². The monoisotopic (exact) mass is 611 g/mol. The molecule has 0 spiro atoms. The molecule has 3 aromatic carbocycles. The van der Waals surface area contributed by atoms with E-state index in [9.17, 15) is 9.59 Å². The average Bonchev–Trinajstić information content (AvgIpc) is 3.53. The van der Waals surface area contributed by atoms with Crippen molar-refractivity contribution in [1.29, 1.82) is 0 Å². The summed E-state index contributed by atoms with van der Waals surface area (Å²) in [6, 6.07) is 32.1. The highest BCUT2D eigenvalue weighted by molar-refractivity contribution is 7.21. The second kappa shape index (κ2) is 12.6. The molecule has 9 nitrogen and oxygen atoms in total. The standard InChI is InChI=1S/C35H29N7O2S/c43-32(39-27-15-8-7-14-26(27)33-40-28-16-9-19-36-34(28)45-33)29-22-30(41-31(38-29)23-10-3-1-4-11-23)37-25-17-20-42(21-18-25)35(44)24-12-5-2-6-13-24/h1-16,19,22,25H,17-18,20-21H2,(H,39,43)(H,37,38,41). The molecule has 2 amide bonds. The molecule has 2 N–H and O–H groups in total. The molecule has 10 heteroatoms. The lowest BCUT2D eigenvalue weighted by Crippen LogP contribution is -2.42. The molecule has 1 aliphatic rings. The van der Waals surface area contributed by atoms with Crippen molar-refractivity contribution in [3.63, 3.8) is 0 Å². The smallest absolute Gasteiger partial charge is 0.274 e. The van der Waals surface area contributed by atoms with Crippen LogP contribution < -0.4 is 10.6 Å². The molecule has 1 aliphatic heterocycles. The van der Waals surface area contributed by atoms with Gasteiger partial charge in [-0.2, -0.15) is 0 Å². The summed E-state index contributed by atoms with van der Waals surface area (Å²) in [6.45, 7) is 1.26. The Hall–Kier alpha value is -5.48. The van der Waals surface area contributed by atoms with Gasteiger partial charge in [-0.05, 0) is 49.2 Å². The van der Waals surface area contributed by atoms with Crippen LogP contribution in [0.3, 0.4) is 0 Å². The Morgan fingerprint density at radius 1 is 0.800 bits per heavy atom. The lowest BCUT2D eigenvalue weighted by Gasteiger charge is -2.32. The van der Waals surface area contributed by atoms with Gasteiger partial charge in [-0.25, -0.2) is 19.9 Å². The Labute approximate surface area is 264 Å². The Balaban J connectivity index is 1.12. The van der Waals surface area contributed by atoms with E-state index >= 15 is 0 Å². The topological polar surface area (TPSA) is 113 Å². The number of hydrogen-bond donors (Lipinski definition) is 2. The zero-order valence-corrected chi connectivity index (χ0v) is 25.1. The minimum atomic E-state index is -0.354. The van der Waals surface area contributed by atoms with Crippen LogP contribution in [0.2, 0.25) is 0 Å². The van der Waals surface area contributed by atoms with Crippen molar-refractivity contribution >= 4 is 45.0 Å². The van der Waals surface area contributed by atoms with Gasteiger partial charge in [-0.1, -0.05) is 72.0 Å². The minimum absolute atomic E-state index is 0.0452. The summed E-state index contributed by atoms with van der Waals surface area (Å²) in [7, 11) is 0. The van der Waals surface area contributed by atoms with Crippen molar-refractivity contribution in [2.24, 2.45) is 0 Å². The first-order valence-electron chi connectivity index (χ1n) is 14.8. The number of nitrogens with zero attached hydrogens (tertiary/aromatic N) is 5. The van der Waals surface area contributed by atoms with Gasteiger partial charge in [0.05, 0.1) is 5.69 Å². The molecular formula is C35H29N7O2S. The van der Waals surface area contributed by atoms with Crippen LogP contribution in [-0.4, -0.2) is 55.8 Å². The zero-order chi connectivity index (χ0) is 30.6. The van der Waals surface area contributed by atoms with E-state index in [0.29, 0.717) is 36.0 Å². The molecule has 6 aromatic rings. The predicted molar refractivity (Wildman–Crippen MR) is 177 cm³/mol. The Bertz CT molecular complexity index is 1940. The summed E-state index contributed by atoms with van der Waals surface area (Å²) in [4.78, 5) is 48.0. The van der Waals surface area contributed by atoms with E-state index in [1.165, 1.54) is 11.3 Å². The maximum absolute atomic E-state index is 13.7. The number of para-hydroxylation sites is 1. The molecule has 1 fully saturated rings. The van der Waals surface area contributed by atoms with E-state index in [-0.39, 0.29) is 23.6 Å². The fraction of sp³-hybridized carbons (Fsp3) is 0.143. The Morgan fingerprint density at radius 2 is 1.53 bits per heavy atom. The quantitative estimate of drug-likeness (QED) is 0.205. The van der Waals surface area contributed by atoms with Crippen LogP contribution in [0, 0.1) is 0 Å². The van der Waals surface area contributed by atoms with Gasteiger partial charge < -0.3 is 15.5 Å². The second-order valence-corrected chi connectivity index (χ2v) is 11.7. The summed E-state index contributed by atoms with van der Waals surface area (Å²) in [6.07, 6.45) is 3.26. The molecule has 0 atom stereocenters. The molecule has 0 unspecified atom stereocenters. The van der Waals surface area contributed by atoms with Crippen LogP contribution in [-0.2, 0) is 0 Å². The van der Waals surface area contributed by atoms with Crippen molar-refractivity contribution in [3.8, 4) is 22.0 Å². The third kappa shape index (κ3) is 6.27. The number of carbonyl (C=O) groups excluding carboxylic acids is 2. The van der Waals surface area contributed by atoms with Gasteiger partial charge in [0.1, 0.15) is 26.9 Å². The van der Waals surface area contributed by atoms with Crippen molar-refractivity contribution in [2.45, 2.75) is 18.9 Å². The van der Waals surface area contributed by atoms with Crippen LogP contribution in [0.15, 0.2) is 109 Å². The van der Waals surface area contributed by atoms with E-state index in [2.05, 4.69) is 20.6 Å². The number of rotatable bonds is 7. The normalized spacial score (nSPS) is 13.5. The number of nitrogens with one attached hydrogen (secondary N) is 2. The lowest BCUT2D eigenvalue weighted by molar-refractivity contribution is 0.0718. The Morgan fingerprint density at radius 3 is 2.31 bits per heavy atom.